The molecular weight excluding hydrogens is 498 g/mol. The summed E-state index contributed by atoms with van der Waals surface area (Å²) in [7, 11) is 6.58. The number of aromatic nitrogens is 3. The van der Waals surface area contributed by atoms with Crippen LogP contribution in [0.25, 0.3) is 22.2 Å². The number of hydrogen-bond donors (Lipinski definition) is 2. The van der Waals surface area contributed by atoms with Gasteiger partial charge < -0.3 is 25.0 Å². The van der Waals surface area contributed by atoms with Gasteiger partial charge in [-0.1, -0.05) is 24.8 Å². The Hall–Kier alpha value is -4.02. The number of carbonyl (C=O) groups excluding carboxylic acids is 1. The first kappa shape index (κ1) is 27.0. The van der Waals surface area contributed by atoms with Crippen LogP contribution in [0.3, 0.4) is 0 Å². The van der Waals surface area contributed by atoms with E-state index in [9.17, 15) is 9.00 Å². The van der Waals surface area contributed by atoms with Crippen molar-refractivity contribution in [3.8, 4) is 11.3 Å². The molecule has 0 aliphatic rings. The number of carbonyl (C=O) groups is 1. The number of benzene rings is 2. The van der Waals surface area contributed by atoms with Crippen LogP contribution in [0.1, 0.15) is 0 Å². The summed E-state index contributed by atoms with van der Waals surface area (Å²) < 4.78 is 14.9. The van der Waals surface area contributed by atoms with Crippen LogP contribution in [0, 0.1) is 0 Å². The molecule has 9 nitrogen and oxygen atoms in total. The number of para-hydroxylation sites is 1. The van der Waals surface area contributed by atoms with Crippen LogP contribution in [0.5, 0.6) is 0 Å². The number of rotatable bonds is 10. The van der Waals surface area contributed by atoms with Gasteiger partial charge in [-0.05, 0) is 44.4 Å². The van der Waals surface area contributed by atoms with Crippen LogP contribution in [0.15, 0.2) is 72.4 Å². The highest BCUT2D eigenvalue weighted by molar-refractivity contribution is 7.84. The summed E-state index contributed by atoms with van der Waals surface area (Å²) in [5.74, 6) is 0.0319. The van der Waals surface area contributed by atoms with Crippen molar-refractivity contribution in [2.24, 2.45) is 7.05 Å². The Bertz CT molecular complexity index is 1510. The molecule has 10 heteroatoms. The third-order valence-corrected chi connectivity index (χ3v) is 7.11. The zero-order valence-corrected chi connectivity index (χ0v) is 23.2. The summed E-state index contributed by atoms with van der Waals surface area (Å²) in [6.07, 6.45) is 6.59. The van der Waals surface area contributed by atoms with Gasteiger partial charge >= 0.3 is 0 Å². The molecule has 4 rings (SSSR count). The molecule has 0 fully saturated rings. The van der Waals surface area contributed by atoms with Crippen molar-refractivity contribution in [2.75, 3.05) is 56.0 Å². The maximum atomic E-state index is 12.9. The second kappa shape index (κ2) is 11.6. The second-order valence-electron chi connectivity index (χ2n) is 9.30. The number of anilines is 4. The Kier molecular flexibility index (Phi) is 8.23. The number of nitrogens with zero attached hydrogens (tertiary/aromatic N) is 5. The molecule has 0 saturated heterocycles. The van der Waals surface area contributed by atoms with Gasteiger partial charge in [-0.15, -0.1) is 0 Å². The van der Waals surface area contributed by atoms with Crippen molar-refractivity contribution in [1.82, 2.24) is 19.4 Å². The first-order valence-corrected chi connectivity index (χ1v) is 13.7. The predicted molar refractivity (Wildman–Crippen MR) is 157 cm³/mol. The first-order chi connectivity index (χ1) is 18.2. The van der Waals surface area contributed by atoms with Crippen LogP contribution in [0.4, 0.5) is 23.0 Å². The molecule has 1 atom stereocenters. The monoisotopic (exact) mass is 531 g/mol. The molecule has 2 aromatic carbocycles. The average molecular weight is 532 g/mol. The van der Waals surface area contributed by atoms with Gasteiger partial charge in [0.15, 0.2) is 0 Å². The lowest BCUT2D eigenvalue weighted by atomic mass is 10.1. The summed E-state index contributed by atoms with van der Waals surface area (Å²) in [6.45, 7) is 5.04. The largest absolute Gasteiger partial charge is 0.371 e. The highest BCUT2D eigenvalue weighted by Crippen LogP contribution is 2.36. The van der Waals surface area contributed by atoms with Crippen molar-refractivity contribution in [1.29, 1.82) is 0 Å². The van der Waals surface area contributed by atoms with Crippen molar-refractivity contribution >= 4 is 50.6 Å². The van der Waals surface area contributed by atoms with E-state index in [2.05, 4.69) is 50.0 Å². The van der Waals surface area contributed by atoms with Gasteiger partial charge in [0.1, 0.15) is 0 Å². The van der Waals surface area contributed by atoms with Gasteiger partial charge in [-0.2, -0.15) is 0 Å². The van der Waals surface area contributed by atoms with E-state index >= 15 is 0 Å². The maximum absolute atomic E-state index is 12.9. The minimum absolute atomic E-state index is 0.355. The highest BCUT2D eigenvalue weighted by atomic mass is 32.2. The molecule has 2 heterocycles. The Labute approximate surface area is 225 Å². The number of amides is 1. The Morgan fingerprint density at radius 3 is 2.63 bits per heavy atom. The number of nitrogens with one attached hydrogen (secondary N) is 2. The molecule has 38 heavy (non-hydrogen) atoms. The molecule has 0 saturated carbocycles. The van der Waals surface area contributed by atoms with E-state index < -0.39 is 10.8 Å². The third kappa shape index (κ3) is 5.92. The molecule has 0 bridgehead atoms. The van der Waals surface area contributed by atoms with Gasteiger partial charge in [0.05, 0.1) is 32.8 Å². The zero-order valence-electron chi connectivity index (χ0n) is 22.4. The van der Waals surface area contributed by atoms with Crippen LogP contribution < -0.4 is 15.5 Å². The van der Waals surface area contributed by atoms with Gasteiger partial charge in [-0.3, -0.25) is 9.00 Å². The summed E-state index contributed by atoms with van der Waals surface area (Å²) in [5.41, 5.74) is 4.71. The van der Waals surface area contributed by atoms with Gasteiger partial charge in [0.2, 0.25) is 11.9 Å². The predicted octanol–water partition coefficient (Wildman–Crippen LogP) is 4.24. The van der Waals surface area contributed by atoms with Crippen molar-refractivity contribution in [3.63, 3.8) is 0 Å². The lowest BCUT2D eigenvalue weighted by Gasteiger charge is -2.27. The van der Waals surface area contributed by atoms with Crippen molar-refractivity contribution in [2.45, 2.75) is 4.90 Å². The average Bonchev–Trinajstić information content (AvgIpc) is 3.23. The Morgan fingerprint density at radius 1 is 1.16 bits per heavy atom. The smallest absolute Gasteiger partial charge is 0.247 e. The van der Waals surface area contributed by atoms with Crippen molar-refractivity contribution < 1.29 is 9.00 Å². The molecular formula is C28H33N7O2S. The number of aryl methyl sites for hydroxylation is 1. The molecule has 0 spiro atoms. The summed E-state index contributed by atoms with van der Waals surface area (Å²) in [5, 5.41) is 7.22. The van der Waals surface area contributed by atoms with Gasteiger partial charge in [-0.25, -0.2) is 9.97 Å². The molecule has 1 unspecified atom stereocenters. The van der Waals surface area contributed by atoms with Crippen LogP contribution in [-0.2, 0) is 22.6 Å². The number of likely N-dealkylation sites (N-methyl/N-ethyl adjacent to an activating group) is 2. The SMILES string of the molecule is C=CC(=O)Nc1cc(Nc2nccc(-c3cn(C)c4ccccc34)n2)cc(S(C)=O)c1N(C)CCN(C)C. The van der Waals surface area contributed by atoms with Crippen LogP contribution in [0.2, 0.25) is 0 Å². The lowest BCUT2D eigenvalue weighted by molar-refractivity contribution is -0.111. The molecule has 1 amide bonds. The molecule has 2 N–H and O–H groups in total. The quantitative estimate of drug-likeness (QED) is 0.296. The number of hydrogen-bond acceptors (Lipinski definition) is 7. The number of fused-ring (bicyclic) bond motifs is 1. The Balaban J connectivity index is 1.74. The van der Waals surface area contributed by atoms with E-state index in [1.165, 1.54) is 6.08 Å². The molecule has 2 aromatic heterocycles. The summed E-state index contributed by atoms with van der Waals surface area (Å²) in [6, 6.07) is 13.7. The van der Waals surface area contributed by atoms with E-state index in [-0.39, 0.29) is 5.91 Å². The lowest BCUT2D eigenvalue weighted by Crippen LogP contribution is -2.30. The first-order valence-electron chi connectivity index (χ1n) is 12.1. The molecule has 0 aliphatic heterocycles. The summed E-state index contributed by atoms with van der Waals surface area (Å²) in [4.78, 5) is 26.1. The van der Waals surface area contributed by atoms with E-state index in [1.807, 2.05) is 57.4 Å². The maximum Gasteiger partial charge on any atom is 0.247 e. The fourth-order valence-corrected chi connectivity index (χ4v) is 5.11. The molecule has 0 radical (unpaired) electrons. The van der Waals surface area contributed by atoms with E-state index in [0.29, 0.717) is 34.5 Å². The normalized spacial score (nSPS) is 11.9. The van der Waals surface area contributed by atoms with E-state index in [1.54, 1.807) is 18.5 Å². The molecule has 4 aromatic rings. The highest BCUT2D eigenvalue weighted by Gasteiger charge is 2.20. The zero-order chi connectivity index (χ0) is 27.4. The standard InChI is InChI=1S/C28H33N7O2S/c1-7-26(36)31-23-16-19(17-25(38(6)37)27(23)34(4)15-14-33(2)3)30-28-29-13-12-22(32-28)21-18-35(5)24-11-9-8-10-20(21)24/h7-13,16-18H,1,14-15H2,2-6H3,(H,31,36)(H,29,30,32). The molecule has 0 aliphatic carbocycles. The van der Waals surface area contributed by atoms with Crippen molar-refractivity contribution in [3.05, 3.63) is 67.5 Å². The minimum Gasteiger partial charge on any atom is -0.371 e. The fraction of sp³-hybridized carbons (Fsp3) is 0.250. The van der Waals surface area contributed by atoms with Crippen LogP contribution in [-0.4, -0.2) is 70.0 Å². The van der Waals surface area contributed by atoms with E-state index in [0.717, 1.165) is 28.7 Å². The topological polar surface area (TPSA) is 95.4 Å². The Morgan fingerprint density at radius 2 is 1.92 bits per heavy atom. The molecule has 198 valence electrons. The third-order valence-electron chi connectivity index (χ3n) is 6.18. The summed E-state index contributed by atoms with van der Waals surface area (Å²) >= 11 is 0. The van der Waals surface area contributed by atoms with Gasteiger partial charge in [0.25, 0.3) is 0 Å². The minimum atomic E-state index is -1.33. The second-order valence-corrected chi connectivity index (χ2v) is 10.7. The van der Waals surface area contributed by atoms with Crippen LogP contribution >= 0.6 is 0 Å². The van der Waals surface area contributed by atoms with E-state index in [4.69, 9.17) is 4.98 Å². The fourth-order valence-electron chi connectivity index (χ4n) is 4.28. The van der Waals surface area contributed by atoms with Gasteiger partial charge in [0, 0.05) is 68.0 Å².